The third-order valence-electron chi connectivity index (χ3n) is 4.35. The summed E-state index contributed by atoms with van der Waals surface area (Å²) in [5.41, 5.74) is 2.71. The zero-order chi connectivity index (χ0) is 14.9. The van der Waals surface area contributed by atoms with E-state index in [0.717, 1.165) is 24.5 Å². The van der Waals surface area contributed by atoms with Crippen LogP contribution in [0.25, 0.3) is 0 Å². The van der Waals surface area contributed by atoms with Crippen LogP contribution in [-0.4, -0.2) is 25.2 Å². The lowest BCUT2D eigenvalue weighted by molar-refractivity contribution is 0.233. The molecule has 2 unspecified atom stereocenters. The van der Waals surface area contributed by atoms with E-state index < -0.39 is 0 Å². The van der Waals surface area contributed by atoms with Crippen LogP contribution in [-0.2, 0) is 0 Å². The maximum atomic E-state index is 6.45. The number of nitrogens with zero attached hydrogens (tertiary/aromatic N) is 1. The first kappa shape index (κ1) is 15.7. The van der Waals surface area contributed by atoms with E-state index in [4.69, 9.17) is 11.6 Å². The highest BCUT2D eigenvalue weighted by atomic mass is 35.5. The van der Waals surface area contributed by atoms with Gasteiger partial charge in [0.15, 0.2) is 0 Å². The van der Waals surface area contributed by atoms with Crippen molar-refractivity contribution in [2.24, 2.45) is 5.41 Å². The summed E-state index contributed by atoms with van der Waals surface area (Å²) in [4.78, 5) is 2.50. The molecule has 0 spiro atoms. The second kappa shape index (κ2) is 5.95. The Morgan fingerprint density at radius 1 is 1.35 bits per heavy atom. The van der Waals surface area contributed by atoms with Gasteiger partial charge in [-0.1, -0.05) is 45.4 Å². The molecule has 3 heteroatoms. The van der Waals surface area contributed by atoms with Crippen molar-refractivity contribution < 1.29 is 0 Å². The monoisotopic (exact) mass is 294 g/mol. The van der Waals surface area contributed by atoms with Crippen LogP contribution < -0.4 is 10.2 Å². The summed E-state index contributed by atoms with van der Waals surface area (Å²) in [6, 6.07) is 7.33. The van der Waals surface area contributed by atoms with Crippen molar-refractivity contribution in [2.75, 3.05) is 18.0 Å². The first-order chi connectivity index (χ1) is 9.32. The quantitative estimate of drug-likeness (QED) is 0.877. The number of halogens is 1. The molecule has 2 nitrogen and oxygen atoms in total. The highest BCUT2D eigenvalue weighted by Crippen LogP contribution is 2.33. The highest BCUT2D eigenvalue weighted by molar-refractivity contribution is 6.33. The smallest absolute Gasteiger partial charge is 0.0639 e. The fraction of sp³-hybridized carbons (Fsp3) is 0.647. The molecular weight excluding hydrogens is 268 g/mol. The number of piperazine rings is 1. The van der Waals surface area contributed by atoms with Crippen molar-refractivity contribution in [1.82, 2.24) is 5.32 Å². The molecule has 0 aromatic heterocycles. The number of hydrogen-bond donors (Lipinski definition) is 1. The molecule has 1 heterocycles. The Balaban J connectivity index is 2.32. The van der Waals surface area contributed by atoms with Gasteiger partial charge in [-0.2, -0.15) is 0 Å². The number of benzene rings is 1. The van der Waals surface area contributed by atoms with Gasteiger partial charge in [0.25, 0.3) is 0 Å². The van der Waals surface area contributed by atoms with Crippen molar-refractivity contribution >= 4 is 17.3 Å². The minimum atomic E-state index is 0.257. The predicted octanol–water partition coefficient (Wildman–Crippen LogP) is 4.25. The predicted molar refractivity (Wildman–Crippen MR) is 88.9 cm³/mol. The van der Waals surface area contributed by atoms with Gasteiger partial charge in [-0.3, -0.25) is 0 Å². The van der Waals surface area contributed by atoms with Gasteiger partial charge in [-0.05, 0) is 36.5 Å². The minimum Gasteiger partial charge on any atom is -0.364 e. The molecule has 1 saturated heterocycles. The average Bonchev–Trinajstić information content (AvgIpc) is 2.40. The molecule has 0 radical (unpaired) electrons. The summed E-state index contributed by atoms with van der Waals surface area (Å²) < 4.78 is 0. The van der Waals surface area contributed by atoms with Crippen molar-refractivity contribution in [3.63, 3.8) is 0 Å². The third kappa shape index (κ3) is 3.29. The van der Waals surface area contributed by atoms with E-state index >= 15 is 0 Å². The number of hydrogen-bond acceptors (Lipinski definition) is 2. The number of nitrogens with one attached hydrogen (secondary N) is 1. The molecule has 0 saturated carbocycles. The molecule has 0 bridgehead atoms. The maximum absolute atomic E-state index is 6.45. The first-order valence-corrected chi connectivity index (χ1v) is 7.97. The molecule has 0 aliphatic carbocycles. The van der Waals surface area contributed by atoms with Crippen LogP contribution in [0.15, 0.2) is 18.2 Å². The Morgan fingerprint density at radius 3 is 2.65 bits per heavy atom. The largest absolute Gasteiger partial charge is 0.364 e. The van der Waals surface area contributed by atoms with E-state index in [9.17, 15) is 0 Å². The van der Waals surface area contributed by atoms with Crippen molar-refractivity contribution in [2.45, 2.75) is 53.1 Å². The van der Waals surface area contributed by atoms with Gasteiger partial charge in [0, 0.05) is 25.2 Å². The van der Waals surface area contributed by atoms with Crippen LogP contribution in [0.4, 0.5) is 5.69 Å². The molecule has 2 rings (SSSR count). The topological polar surface area (TPSA) is 15.3 Å². The van der Waals surface area contributed by atoms with Gasteiger partial charge in [0.2, 0.25) is 0 Å². The SMILES string of the molecule is CCC1CNC(C(C)(C)C)CN1c1cc(C)ccc1Cl. The Labute approximate surface area is 128 Å². The Bertz CT molecular complexity index is 465. The zero-order valence-electron chi connectivity index (χ0n) is 13.3. The van der Waals surface area contributed by atoms with Gasteiger partial charge in [-0.25, -0.2) is 0 Å². The van der Waals surface area contributed by atoms with Crippen LogP contribution in [0.1, 0.15) is 39.7 Å². The molecule has 2 atom stereocenters. The van der Waals surface area contributed by atoms with E-state index in [1.807, 2.05) is 6.07 Å². The molecule has 0 amide bonds. The maximum Gasteiger partial charge on any atom is 0.0639 e. The minimum absolute atomic E-state index is 0.257. The molecule has 1 aliphatic rings. The van der Waals surface area contributed by atoms with E-state index in [0.29, 0.717) is 12.1 Å². The van der Waals surface area contributed by atoms with E-state index in [2.05, 4.69) is 57.0 Å². The van der Waals surface area contributed by atoms with E-state index in [1.165, 1.54) is 11.3 Å². The normalized spacial score (nSPS) is 24.0. The van der Waals surface area contributed by atoms with Crippen LogP contribution in [0.5, 0.6) is 0 Å². The zero-order valence-corrected chi connectivity index (χ0v) is 14.1. The average molecular weight is 295 g/mol. The van der Waals surface area contributed by atoms with E-state index in [1.54, 1.807) is 0 Å². The fourth-order valence-corrected chi connectivity index (χ4v) is 3.11. The number of rotatable bonds is 2. The Hall–Kier alpha value is -0.730. The van der Waals surface area contributed by atoms with Gasteiger partial charge < -0.3 is 10.2 Å². The third-order valence-corrected chi connectivity index (χ3v) is 4.67. The second-order valence-corrected chi connectivity index (χ2v) is 7.40. The summed E-state index contributed by atoms with van der Waals surface area (Å²) in [6.07, 6.45) is 1.13. The molecule has 1 aromatic carbocycles. The first-order valence-electron chi connectivity index (χ1n) is 7.59. The molecule has 112 valence electrons. The lowest BCUT2D eigenvalue weighted by Crippen LogP contribution is -2.60. The Kier molecular flexibility index (Phi) is 4.66. The molecule has 1 N–H and O–H groups in total. The summed E-state index contributed by atoms with van der Waals surface area (Å²) in [5.74, 6) is 0. The van der Waals surface area contributed by atoms with Crippen molar-refractivity contribution in [1.29, 1.82) is 0 Å². The molecule has 1 aromatic rings. The lowest BCUT2D eigenvalue weighted by Gasteiger charge is -2.46. The van der Waals surface area contributed by atoms with Gasteiger partial charge in [-0.15, -0.1) is 0 Å². The van der Waals surface area contributed by atoms with Crippen LogP contribution in [0.2, 0.25) is 5.02 Å². The van der Waals surface area contributed by atoms with E-state index in [-0.39, 0.29) is 5.41 Å². The molecular formula is C17H27ClN2. The fourth-order valence-electron chi connectivity index (χ4n) is 2.88. The van der Waals surface area contributed by atoms with Crippen LogP contribution in [0, 0.1) is 12.3 Å². The Morgan fingerprint density at radius 2 is 2.05 bits per heavy atom. The standard InChI is InChI=1S/C17H27ClN2/c1-6-13-10-19-16(17(3,4)5)11-20(13)15-9-12(2)7-8-14(15)18/h7-9,13,16,19H,6,10-11H2,1-5H3. The molecule has 1 fully saturated rings. The van der Waals surface area contributed by atoms with Crippen LogP contribution >= 0.6 is 11.6 Å². The molecule has 20 heavy (non-hydrogen) atoms. The summed E-state index contributed by atoms with van der Waals surface area (Å²) in [5, 5.41) is 4.57. The summed E-state index contributed by atoms with van der Waals surface area (Å²) in [6.45, 7) is 13.3. The second-order valence-electron chi connectivity index (χ2n) is 7.00. The lowest BCUT2D eigenvalue weighted by atomic mass is 9.84. The molecule has 1 aliphatic heterocycles. The number of aryl methyl sites for hydroxylation is 1. The van der Waals surface area contributed by atoms with Gasteiger partial charge in [0.05, 0.1) is 10.7 Å². The summed E-state index contributed by atoms with van der Waals surface area (Å²) in [7, 11) is 0. The van der Waals surface area contributed by atoms with Gasteiger partial charge >= 0.3 is 0 Å². The summed E-state index contributed by atoms with van der Waals surface area (Å²) >= 11 is 6.45. The van der Waals surface area contributed by atoms with Gasteiger partial charge in [0.1, 0.15) is 0 Å². The highest BCUT2D eigenvalue weighted by Gasteiger charge is 2.34. The van der Waals surface area contributed by atoms with Crippen LogP contribution in [0.3, 0.4) is 0 Å². The van der Waals surface area contributed by atoms with Crippen molar-refractivity contribution in [3.8, 4) is 0 Å². The number of anilines is 1. The van der Waals surface area contributed by atoms with Crippen molar-refractivity contribution in [3.05, 3.63) is 28.8 Å².